The highest BCUT2D eigenvalue weighted by Crippen LogP contribution is 2.38. The van der Waals surface area contributed by atoms with Gasteiger partial charge in [-0.15, -0.1) is 0 Å². The predicted octanol–water partition coefficient (Wildman–Crippen LogP) is 5.01. The Balaban J connectivity index is 0.790. The smallest absolute Gasteiger partial charge is 0.249 e. The van der Waals surface area contributed by atoms with Gasteiger partial charge < -0.3 is 20.9 Å². The van der Waals surface area contributed by atoms with E-state index in [1.807, 2.05) is 53.4 Å². The van der Waals surface area contributed by atoms with Crippen molar-refractivity contribution in [3.05, 3.63) is 84.3 Å². The number of hydrogen-bond acceptors (Lipinski definition) is 11. The summed E-state index contributed by atoms with van der Waals surface area (Å²) < 4.78 is 19.0. The molecule has 9 rings (SSSR count). The van der Waals surface area contributed by atoms with Gasteiger partial charge in [-0.2, -0.15) is 15.5 Å². The number of rotatable bonds is 11. The molecule has 16 nitrogen and oxygen atoms in total. The van der Waals surface area contributed by atoms with Crippen molar-refractivity contribution in [2.45, 2.75) is 82.7 Å². The number of nitriles is 1. The van der Waals surface area contributed by atoms with Gasteiger partial charge in [-0.25, -0.2) is 13.9 Å². The summed E-state index contributed by atoms with van der Waals surface area (Å²) in [6.07, 6.45) is 15.0. The number of anilines is 2. The number of aromatic nitrogens is 5. The molecule has 0 radical (unpaired) electrons. The Hall–Kier alpha value is -6.67. The Morgan fingerprint density at radius 2 is 1.70 bits per heavy atom. The van der Waals surface area contributed by atoms with Gasteiger partial charge in [0.05, 0.1) is 41.5 Å². The topological polar surface area (TPSA) is 200 Å². The van der Waals surface area contributed by atoms with Crippen molar-refractivity contribution in [3.63, 3.8) is 0 Å². The van der Waals surface area contributed by atoms with E-state index in [0.717, 1.165) is 60.2 Å². The molecule has 4 aliphatic heterocycles. The number of likely N-dealkylation sites (tertiary alicyclic amines) is 2. The zero-order valence-corrected chi connectivity index (χ0v) is 36.0. The van der Waals surface area contributed by atoms with Gasteiger partial charge in [0.15, 0.2) is 0 Å². The van der Waals surface area contributed by atoms with Crippen LogP contribution in [0.3, 0.4) is 0 Å². The zero-order chi connectivity index (χ0) is 44.5. The molecule has 332 valence electrons. The van der Waals surface area contributed by atoms with Crippen LogP contribution in [0.2, 0.25) is 0 Å². The highest BCUT2D eigenvalue weighted by molar-refractivity contribution is 6.01. The van der Waals surface area contributed by atoms with E-state index in [4.69, 9.17) is 15.8 Å². The van der Waals surface area contributed by atoms with Gasteiger partial charge >= 0.3 is 0 Å². The van der Waals surface area contributed by atoms with Gasteiger partial charge in [-0.1, -0.05) is 13.0 Å². The van der Waals surface area contributed by atoms with Crippen molar-refractivity contribution >= 4 is 40.7 Å². The first kappa shape index (κ1) is 42.6. The lowest BCUT2D eigenvalue weighted by atomic mass is 9.75. The monoisotopic (exact) mass is 868 g/mol. The Kier molecular flexibility index (Phi) is 11.9. The summed E-state index contributed by atoms with van der Waals surface area (Å²) in [5, 5.41) is 24.6. The van der Waals surface area contributed by atoms with Gasteiger partial charge in [-0.3, -0.25) is 34.1 Å². The number of amides is 4. The minimum Gasteiger partial charge on any atom is -0.374 e. The van der Waals surface area contributed by atoms with Crippen LogP contribution < -0.4 is 21.3 Å². The molecule has 0 bridgehead atoms. The molecule has 1 aromatic carbocycles. The fraction of sp³-hybridized carbons (Fsp3) is 0.447. The van der Waals surface area contributed by atoms with Gasteiger partial charge in [0.25, 0.3) is 0 Å². The SMILES string of the molecule is CCC1(C(N)=O)CCN(c2ccc(-c3cc(-c4cnn(C5CCN(C(=O)CN6CCC(c7ccc(NC8CCC(=O)NC8=O)cc7F)CC6)CC5)c4)cn4ncc(C#N)c34)cn2)CC1. The number of piperidine rings is 4. The number of carbonyl (C=O) groups excluding carboxylic acids is 4. The molecule has 64 heavy (non-hydrogen) atoms. The Morgan fingerprint density at radius 1 is 0.922 bits per heavy atom. The average Bonchev–Trinajstić information content (AvgIpc) is 3.98. The van der Waals surface area contributed by atoms with E-state index in [1.165, 1.54) is 6.07 Å². The predicted molar refractivity (Wildman–Crippen MR) is 237 cm³/mol. The number of halogens is 1. The van der Waals surface area contributed by atoms with Crippen LogP contribution in [-0.4, -0.2) is 110 Å². The molecule has 0 aliphatic carbocycles. The van der Waals surface area contributed by atoms with Crippen molar-refractivity contribution < 1.29 is 23.6 Å². The van der Waals surface area contributed by atoms with E-state index in [9.17, 15) is 24.4 Å². The number of benzene rings is 1. The molecule has 4 saturated heterocycles. The molecule has 17 heteroatoms. The van der Waals surface area contributed by atoms with Crippen molar-refractivity contribution in [2.75, 3.05) is 56.0 Å². The Labute approximate surface area is 370 Å². The molecular formula is C47H53FN12O4. The minimum absolute atomic E-state index is 0.0388. The summed E-state index contributed by atoms with van der Waals surface area (Å²) in [5.41, 5.74) is 11.1. The fourth-order valence-corrected chi connectivity index (χ4v) is 9.99. The summed E-state index contributed by atoms with van der Waals surface area (Å²) in [4.78, 5) is 60.4. The second kappa shape index (κ2) is 17.8. The number of nitrogens with one attached hydrogen (secondary N) is 2. The molecule has 4 amide bonds. The summed E-state index contributed by atoms with van der Waals surface area (Å²) in [5.74, 6) is -0.273. The zero-order valence-electron chi connectivity index (χ0n) is 36.0. The first-order chi connectivity index (χ1) is 31.0. The molecule has 4 aliphatic rings. The van der Waals surface area contributed by atoms with E-state index in [2.05, 4.69) is 37.7 Å². The second-order valence-corrected chi connectivity index (χ2v) is 17.8. The van der Waals surface area contributed by atoms with Crippen molar-refractivity contribution in [1.82, 2.24) is 39.5 Å². The van der Waals surface area contributed by atoms with Gasteiger partial charge in [0, 0.05) is 79.1 Å². The summed E-state index contributed by atoms with van der Waals surface area (Å²) in [6, 6.07) is 12.9. The maximum Gasteiger partial charge on any atom is 0.249 e. The standard InChI is InChI=1S/C47H53FN12O4/c1-2-47(46(50)64)13-19-57(20-14-47)41-7-3-31(24-51-41)38-21-32(27-60-44(38)33(23-49)25-53-60)34-26-52-59(28-34)36-11-17-58(18-12-36)43(62)29-56-15-9-30(10-16-56)37-5-4-35(22-39(37)48)54-40-6-8-42(61)55-45(40)63/h3-5,7,21-22,24-28,30,36,40,54H,2,6,8-20,29H2,1H3,(H2,50,64)(H,55,61,63). The Bertz CT molecular complexity index is 2610. The van der Waals surface area contributed by atoms with Gasteiger partial charge in [0.2, 0.25) is 23.6 Å². The maximum atomic E-state index is 15.3. The van der Waals surface area contributed by atoms with Crippen LogP contribution in [0.25, 0.3) is 27.8 Å². The third kappa shape index (κ3) is 8.54. The first-order valence-electron chi connectivity index (χ1n) is 22.4. The normalized spacial score (nSPS) is 20.0. The van der Waals surface area contributed by atoms with E-state index < -0.39 is 17.4 Å². The van der Waals surface area contributed by atoms with Gasteiger partial charge in [0.1, 0.15) is 23.7 Å². The number of imide groups is 1. The number of fused-ring (bicyclic) bond motifs is 1. The Morgan fingerprint density at radius 3 is 2.38 bits per heavy atom. The lowest BCUT2D eigenvalue weighted by molar-refractivity contribution is -0.135. The van der Waals surface area contributed by atoms with Crippen molar-refractivity contribution in [3.8, 4) is 28.3 Å². The highest BCUT2D eigenvalue weighted by atomic mass is 19.1. The molecule has 0 spiro atoms. The second-order valence-electron chi connectivity index (χ2n) is 17.8. The number of nitrogens with zero attached hydrogens (tertiary/aromatic N) is 9. The molecule has 1 unspecified atom stereocenters. The maximum absolute atomic E-state index is 15.3. The summed E-state index contributed by atoms with van der Waals surface area (Å²) in [6.45, 7) is 6.40. The molecule has 0 saturated carbocycles. The molecule has 4 aromatic heterocycles. The van der Waals surface area contributed by atoms with Crippen molar-refractivity contribution in [2.24, 2.45) is 11.1 Å². The molecule has 4 N–H and O–H groups in total. The minimum atomic E-state index is -0.574. The third-order valence-electron chi connectivity index (χ3n) is 14.1. The van der Waals surface area contributed by atoms with E-state index >= 15 is 4.39 Å². The number of carbonyl (C=O) groups is 4. The fourth-order valence-electron chi connectivity index (χ4n) is 9.99. The summed E-state index contributed by atoms with van der Waals surface area (Å²) in [7, 11) is 0. The quantitative estimate of drug-likeness (QED) is 0.151. The molecule has 4 fully saturated rings. The van der Waals surface area contributed by atoms with E-state index in [1.54, 1.807) is 22.8 Å². The number of hydrogen-bond donors (Lipinski definition) is 3. The van der Waals surface area contributed by atoms with Crippen LogP contribution in [0.1, 0.15) is 87.8 Å². The van der Waals surface area contributed by atoms with Crippen LogP contribution in [0, 0.1) is 22.6 Å². The lowest BCUT2D eigenvalue weighted by Gasteiger charge is -2.39. The molecule has 1 atom stereocenters. The van der Waals surface area contributed by atoms with Crippen LogP contribution in [0.4, 0.5) is 15.9 Å². The van der Waals surface area contributed by atoms with Gasteiger partial charge in [-0.05, 0) is 106 Å². The number of nitrogens with two attached hydrogens (primary N) is 1. The molecular weight excluding hydrogens is 816 g/mol. The molecule has 5 aromatic rings. The summed E-state index contributed by atoms with van der Waals surface area (Å²) >= 11 is 0. The number of primary amides is 1. The van der Waals surface area contributed by atoms with Crippen LogP contribution in [0.5, 0.6) is 0 Å². The largest absolute Gasteiger partial charge is 0.374 e. The highest BCUT2D eigenvalue weighted by Gasteiger charge is 2.38. The van der Waals surface area contributed by atoms with E-state index in [-0.39, 0.29) is 41.9 Å². The van der Waals surface area contributed by atoms with Crippen LogP contribution >= 0.6 is 0 Å². The third-order valence-corrected chi connectivity index (χ3v) is 14.1. The number of pyridine rings is 2. The first-order valence-corrected chi connectivity index (χ1v) is 22.4. The van der Waals surface area contributed by atoms with E-state index in [0.29, 0.717) is 87.4 Å². The molecule has 8 heterocycles. The average molecular weight is 869 g/mol. The van der Waals surface area contributed by atoms with Crippen LogP contribution in [0.15, 0.2) is 67.4 Å². The van der Waals surface area contributed by atoms with Crippen molar-refractivity contribution in [1.29, 1.82) is 5.26 Å². The lowest BCUT2D eigenvalue weighted by Crippen LogP contribution is -2.47. The van der Waals surface area contributed by atoms with Crippen LogP contribution in [-0.2, 0) is 19.2 Å².